The summed E-state index contributed by atoms with van der Waals surface area (Å²) in [6.07, 6.45) is 1.97. The maximum absolute atomic E-state index is 11.6. The van der Waals surface area contributed by atoms with Crippen molar-refractivity contribution in [3.05, 3.63) is 0 Å². The Morgan fingerprint density at radius 1 is 1.29 bits per heavy atom. The highest BCUT2D eigenvalue weighted by atomic mass is 16.5. The number of likely N-dealkylation sites (tertiary alicyclic amines) is 1. The van der Waals surface area contributed by atoms with Crippen molar-refractivity contribution in [3.63, 3.8) is 0 Å². The zero-order valence-corrected chi connectivity index (χ0v) is 9.72. The van der Waals surface area contributed by atoms with E-state index in [0.29, 0.717) is 25.6 Å². The van der Waals surface area contributed by atoms with Crippen molar-refractivity contribution in [1.29, 1.82) is 0 Å². The highest BCUT2D eigenvalue weighted by molar-refractivity contribution is 5.79. The van der Waals surface area contributed by atoms with E-state index in [1.54, 1.807) is 0 Å². The van der Waals surface area contributed by atoms with Crippen LogP contribution in [0.2, 0.25) is 0 Å². The van der Waals surface area contributed by atoms with Gasteiger partial charge >= 0.3 is 12.0 Å². The van der Waals surface area contributed by atoms with E-state index in [-0.39, 0.29) is 11.9 Å². The molecule has 2 aliphatic rings. The van der Waals surface area contributed by atoms with Gasteiger partial charge in [-0.1, -0.05) is 0 Å². The summed E-state index contributed by atoms with van der Waals surface area (Å²) in [4.78, 5) is 23.7. The monoisotopic (exact) mass is 242 g/mol. The summed E-state index contributed by atoms with van der Waals surface area (Å²) in [7, 11) is 0. The molecule has 2 amide bonds. The molecule has 0 saturated carbocycles. The number of rotatable bonds is 3. The van der Waals surface area contributed by atoms with Crippen LogP contribution in [0.15, 0.2) is 0 Å². The minimum absolute atomic E-state index is 0.144. The number of carboxylic acid groups (broad SMARTS) is 1. The molecule has 0 aromatic carbocycles. The average molecular weight is 242 g/mol. The van der Waals surface area contributed by atoms with Crippen LogP contribution < -0.4 is 5.32 Å². The number of urea groups is 1. The number of carbonyl (C=O) groups is 2. The van der Waals surface area contributed by atoms with E-state index in [9.17, 15) is 9.59 Å². The van der Waals surface area contributed by atoms with Crippen molar-refractivity contribution in [1.82, 2.24) is 10.2 Å². The quantitative estimate of drug-likeness (QED) is 0.737. The summed E-state index contributed by atoms with van der Waals surface area (Å²) >= 11 is 0. The summed E-state index contributed by atoms with van der Waals surface area (Å²) in [6.45, 7) is 2.86. The normalized spacial score (nSPS) is 22.0. The van der Waals surface area contributed by atoms with Gasteiger partial charge in [-0.2, -0.15) is 0 Å². The Labute approximate surface area is 99.9 Å². The summed E-state index contributed by atoms with van der Waals surface area (Å²) in [5.74, 6) is -0.716. The lowest BCUT2D eigenvalue weighted by molar-refractivity contribution is -0.146. The van der Waals surface area contributed by atoms with Crippen molar-refractivity contribution >= 4 is 12.0 Å². The molecule has 0 bridgehead atoms. The maximum atomic E-state index is 11.6. The molecule has 0 unspecified atom stereocenters. The first kappa shape index (κ1) is 12.2. The van der Waals surface area contributed by atoms with E-state index >= 15 is 0 Å². The molecule has 0 atom stereocenters. The molecule has 2 rings (SSSR count). The van der Waals surface area contributed by atoms with E-state index < -0.39 is 5.97 Å². The smallest absolute Gasteiger partial charge is 0.317 e. The number of aliphatic carboxylic acids is 1. The summed E-state index contributed by atoms with van der Waals surface area (Å²) in [5.41, 5.74) is 0. The van der Waals surface area contributed by atoms with Crippen molar-refractivity contribution in [2.75, 3.05) is 32.8 Å². The third kappa shape index (κ3) is 3.09. The van der Waals surface area contributed by atoms with Gasteiger partial charge in [-0.15, -0.1) is 0 Å². The number of carboxylic acids is 1. The molecule has 2 fully saturated rings. The third-order valence-electron chi connectivity index (χ3n) is 3.40. The molecule has 2 N–H and O–H groups in total. The molecule has 6 heteroatoms. The van der Waals surface area contributed by atoms with E-state index in [1.807, 2.05) is 0 Å². The molecule has 17 heavy (non-hydrogen) atoms. The third-order valence-corrected chi connectivity index (χ3v) is 3.40. The lowest BCUT2D eigenvalue weighted by Gasteiger charge is -2.37. The minimum atomic E-state index is -0.821. The van der Waals surface area contributed by atoms with Crippen LogP contribution in [0.25, 0.3) is 0 Å². The first-order chi connectivity index (χ1) is 8.16. The van der Waals surface area contributed by atoms with E-state index in [1.165, 1.54) is 4.90 Å². The highest BCUT2D eigenvalue weighted by Gasteiger charge is 2.35. The zero-order chi connectivity index (χ0) is 12.3. The largest absolute Gasteiger partial charge is 0.481 e. The predicted octanol–water partition coefficient (Wildman–Crippen LogP) is 0.139. The van der Waals surface area contributed by atoms with E-state index in [2.05, 4.69) is 5.32 Å². The number of nitrogens with one attached hydrogen (secondary N) is 1. The predicted molar refractivity (Wildman–Crippen MR) is 59.6 cm³/mol. The number of nitrogens with zero attached hydrogens (tertiary/aromatic N) is 1. The molecule has 0 aliphatic carbocycles. The second-order valence-electron chi connectivity index (χ2n) is 4.68. The van der Waals surface area contributed by atoms with Gasteiger partial charge in [0.25, 0.3) is 0 Å². The highest BCUT2D eigenvalue weighted by Crippen LogP contribution is 2.16. The molecule has 0 aromatic heterocycles. The van der Waals surface area contributed by atoms with Gasteiger partial charge in [0.1, 0.15) is 0 Å². The lowest BCUT2D eigenvalue weighted by atomic mass is 10.00. The van der Waals surface area contributed by atoms with Crippen molar-refractivity contribution in [3.8, 4) is 0 Å². The van der Waals surface area contributed by atoms with Gasteiger partial charge in [0.05, 0.1) is 5.92 Å². The second kappa shape index (κ2) is 5.35. The van der Waals surface area contributed by atoms with Crippen LogP contribution >= 0.6 is 0 Å². The van der Waals surface area contributed by atoms with Crippen LogP contribution in [0.5, 0.6) is 0 Å². The van der Waals surface area contributed by atoms with Crippen LogP contribution in [-0.2, 0) is 9.53 Å². The van der Waals surface area contributed by atoms with Crippen molar-refractivity contribution in [2.45, 2.75) is 12.8 Å². The first-order valence-electron chi connectivity index (χ1n) is 6.00. The molecular weight excluding hydrogens is 224 g/mol. The second-order valence-corrected chi connectivity index (χ2v) is 4.68. The van der Waals surface area contributed by atoms with E-state index in [4.69, 9.17) is 9.84 Å². The van der Waals surface area contributed by atoms with Gasteiger partial charge in [0, 0.05) is 32.8 Å². The Hall–Kier alpha value is -1.30. The number of ether oxygens (including phenoxy) is 1. The SMILES string of the molecule is O=C(O)C1CN(C(=O)NCC2CCOCC2)C1. The Balaban J connectivity index is 1.63. The number of hydrogen-bond donors (Lipinski definition) is 2. The summed E-state index contributed by atoms with van der Waals surface area (Å²) < 4.78 is 5.24. The van der Waals surface area contributed by atoms with Crippen LogP contribution in [0.4, 0.5) is 4.79 Å². The molecule has 0 spiro atoms. The van der Waals surface area contributed by atoms with Crippen LogP contribution in [0, 0.1) is 11.8 Å². The summed E-state index contributed by atoms with van der Waals surface area (Å²) in [5, 5.41) is 11.5. The van der Waals surface area contributed by atoms with Gasteiger partial charge in [0.15, 0.2) is 0 Å². The first-order valence-corrected chi connectivity index (χ1v) is 6.00. The zero-order valence-electron chi connectivity index (χ0n) is 9.72. The standard InChI is InChI=1S/C11H18N2O4/c14-10(15)9-6-13(7-9)11(16)12-5-8-1-3-17-4-2-8/h8-9H,1-7H2,(H,12,16)(H,14,15). The van der Waals surface area contributed by atoms with Gasteiger partial charge in [-0.25, -0.2) is 4.79 Å². The van der Waals surface area contributed by atoms with Crippen LogP contribution in [0.3, 0.4) is 0 Å². The minimum Gasteiger partial charge on any atom is -0.481 e. The molecule has 0 radical (unpaired) electrons. The topological polar surface area (TPSA) is 78.9 Å². The molecular formula is C11H18N2O4. The molecule has 2 aliphatic heterocycles. The van der Waals surface area contributed by atoms with Gasteiger partial charge in [-0.3, -0.25) is 4.79 Å². The molecule has 2 saturated heterocycles. The number of carbonyl (C=O) groups excluding carboxylic acids is 1. The van der Waals surface area contributed by atoms with Crippen molar-refractivity contribution < 1.29 is 19.4 Å². The fraction of sp³-hybridized carbons (Fsp3) is 0.818. The molecule has 0 aromatic rings. The van der Waals surface area contributed by atoms with Gasteiger partial charge in [0.2, 0.25) is 0 Å². The Bertz CT molecular complexity index is 296. The van der Waals surface area contributed by atoms with E-state index in [0.717, 1.165) is 26.1 Å². The van der Waals surface area contributed by atoms with Gasteiger partial charge < -0.3 is 20.1 Å². The Morgan fingerprint density at radius 2 is 1.94 bits per heavy atom. The fourth-order valence-corrected chi connectivity index (χ4v) is 2.09. The van der Waals surface area contributed by atoms with Crippen LogP contribution in [-0.4, -0.2) is 54.9 Å². The molecule has 2 heterocycles. The molecule has 6 nitrogen and oxygen atoms in total. The fourth-order valence-electron chi connectivity index (χ4n) is 2.09. The Morgan fingerprint density at radius 3 is 2.53 bits per heavy atom. The van der Waals surface area contributed by atoms with Gasteiger partial charge in [-0.05, 0) is 18.8 Å². The number of amides is 2. The van der Waals surface area contributed by atoms with Crippen molar-refractivity contribution in [2.24, 2.45) is 11.8 Å². The maximum Gasteiger partial charge on any atom is 0.317 e. The molecule has 96 valence electrons. The average Bonchev–Trinajstić information content (AvgIpc) is 2.25. The number of hydrogen-bond acceptors (Lipinski definition) is 3. The Kier molecular flexibility index (Phi) is 3.83. The lowest BCUT2D eigenvalue weighted by Crippen LogP contribution is -2.56. The van der Waals surface area contributed by atoms with Crippen LogP contribution in [0.1, 0.15) is 12.8 Å². The summed E-state index contributed by atoms with van der Waals surface area (Å²) in [6, 6.07) is -0.144.